The Morgan fingerprint density at radius 1 is 1.25 bits per heavy atom. The van der Waals surface area contributed by atoms with Gasteiger partial charge >= 0.3 is 0 Å². The molecule has 0 saturated heterocycles. The van der Waals surface area contributed by atoms with E-state index < -0.39 is 0 Å². The number of aryl methyl sites for hydroxylation is 2. The van der Waals surface area contributed by atoms with Crippen molar-refractivity contribution >= 4 is 17.1 Å². The fourth-order valence-corrected chi connectivity index (χ4v) is 3.67. The zero-order chi connectivity index (χ0) is 14.3. The van der Waals surface area contributed by atoms with Gasteiger partial charge in [-0.15, -0.1) is 0 Å². The van der Waals surface area contributed by atoms with Crippen molar-refractivity contribution in [2.75, 3.05) is 5.73 Å². The molecule has 0 unspecified atom stereocenters. The lowest BCUT2D eigenvalue weighted by Crippen LogP contribution is -2.34. The summed E-state index contributed by atoms with van der Waals surface area (Å²) in [6.45, 7) is 4.49. The molecular formula is C15H25N5. The molecule has 2 heterocycles. The normalized spacial score (nSPS) is 18.8. The average molecular weight is 275 g/mol. The van der Waals surface area contributed by atoms with Crippen molar-refractivity contribution in [1.29, 1.82) is 0 Å². The van der Waals surface area contributed by atoms with E-state index in [9.17, 15) is 0 Å². The number of fused-ring (bicyclic) bond motifs is 1. The number of aromatic nitrogens is 4. The van der Waals surface area contributed by atoms with Crippen molar-refractivity contribution < 1.29 is 0 Å². The molecule has 0 bridgehead atoms. The van der Waals surface area contributed by atoms with Gasteiger partial charge in [0.15, 0.2) is 5.65 Å². The Hall–Kier alpha value is -1.52. The summed E-state index contributed by atoms with van der Waals surface area (Å²) in [6.07, 6.45) is 8.28. The van der Waals surface area contributed by atoms with Crippen LogP contribution >= 0.6 is 0 Å². The summed E-state index contributed by atoms with van der Waals surface area (Å²) in [5.41, 5.74) is 9.52. The summed E-state index contributed by atoms with van der Waals surface area (Å²) in [7, 11) is 2.01. The summed E-state index contributed by atoms with van der Waals surface area (Å²) in [5.74, 6) is 0.648. The van der Waals surface area contributed by atoms with Crippen molar-refractivity contribution in [3.63, 3.8) is 0 Å². The van der Waals surface area contributed by atoms with Crippen LogP contribution in [0.25, 0.3) is 11.2 Å². The van der Waals surface area contributed by atoms with Gasteiger partial charge in [-0.2, -0.15) is 5.10 Å². The number of imidazole rings is 1. The fraction of sp³-hybridized carbons (Fsp3) is 0.733. The van der Waals surface area contributed by atoms with Gasteiger partial charge in [-0.3, -0.25) is 9.25 Å². The van der Waals surface area contributed by atoms with Crippen LogP contribution in [0.3, 0.4) is 0 Å². The molecular weight excluding hydrogens is 250 g/mol. The molecule has 5 heteroatoms. The molecule has 5 nitrogen and oxygen atoms in total. The van der Waals surface area contributed by atoms with E-state index in [0.29, 0.717) is 5.95 Å². The molecule has 0 amide bonds. The molecule has 1 saturated carbocycles. The molecule has 0 atom stereocenters. The van der Waals surface area contributed by atoms with Crippen molar-refractivity contribution in [2.45, 2.75) is 64.3 Å². The van der Waals surface area contributed by atoms with E-state index in [-0.39, 0.29) is 5.54 Å². The number of rotatable bonds is 3. The van der Waals surface area contributed by atoms with E-state index in [2.05, 4.69) is 28.5 Å². The summed E-state index contributed by atoms with van der Waals surface area (Å²) >= 11 is 0. The molecule has 110 valence electrons. The third-order valence-corrected chi connectivity index (χ3v) is 4.69. The summed E-state index contributed by atoms with van der Waals surface area (Å²) in [4.78, 5) is 4.63. The average Bonchev–Trinajstić information content (AvgIpc) is 2.89. The lowest BCUT2D eigenvalue weighted by Gasteiger charge is -2.36. The Morgan fingerprint density at radius 3 is 2.60 bits per heavy atom. The molecule has 3 rings (SSSR count). The van der Waals surface area contributed by atoms with Crippen LogP contribution in [0.1, 0.15) is 58.1 Å². The Balaban J connectivity index is 2.17. The van der Waals surface area contributed by atoms with Gasteiger partial charge in [0.2, 0.25) is 5.95 Å². The van der Waals surface area contributed by atoms with Gasteiger partial charge in [-0.1, -0.05) is 32.6 Å². The second kappa shape index (κ2) is 4.79. The molecule has 0 spiro atoms. The van der Waals surface area contributed by atoms with Gasteiger partial charge in [-0.25, -0.2) is 4.98 Å². The predicted molar refractivity (Wildman–Crippen MR) is 81.6 cm³/mol. The van der Waals surface area contributed by atoms with Crippen LogP contribution in [0.2, 0.25) is 0 Å². The third kappa shape index (κ3) is 1.91. The maximum absolute atomic E-state index is 6.26. The van der Waals surface area contributed by atoms with Gasteiger partial charge in [0, 0.05) is 12.6 Å². The number of hydrogen-bond donors (Lipinski definition) is 1. The van der Waals surface area contributed by atoms with Crippen LogP contribution in [0, 0.1) is 0 Å². The number of anilines is 1. The minimum Gasteiger partial charge on any atom is -0.369 e. The van der Waals surface area contributed by atoms with Crippen LogP contribution in [0.4, 0.5) is 5.95 Å². The van der Waals surface area contributed by atoms with Gasteiger partial charge in [0.05, 0.1) is 5.69 Å². The Kier molecular flexibility index (Phi) is 3.22. The molecule has 20 heavy (non-hydrogen) atoms. The van der Waals surface area contributed by atoms with Crippen LogP contribution in [0.5, 0.6) is 0 Å². The molecule has 2 aromatic heterocycles. The summed E-state index contributed by atoms with van der Waals surface area (Å²) < 4.78 is 4.21. The monoisotopic (exact) mass is 275 g/mol. The highest BCUT2D eigenvalue weighted by atomic mass is 15.4. The van der Waals surface area contributed by atoms with E-state index >= 15 is 0 Å². The second-order valence-corrected chi connectivity index (χ2v) is 6.36. The highest BCUT2D eigenvalue weighted by Crippen LogP contribution is 2.39. The Morgan fingerprint density at radius 2 is 1.95 bits per heavy atom. The highest BCUT2D eigenvalue weighted by Gasteiger charge is 2.33. The number of nitrogen functional groups attached to an aromatic ring is 1. The number of hydrogen-bond acceptors (Lipinski definition) is 3. The topological polar surface area (TPSA) is 61.7 Å². The standard InChI is InChI=1S/C15H25N5/c1-4-8-11-12-13(19(3)18-11)20(14(16)17-12)15(2)9-6-5-7-10-15/h4-10H2,1-3H3,(H2,16,17). The first-order valence-corrected chi connectivity index (χ1v) is 7.77. The van der Waals surface area contributed by atoms with Gasteiger partial charge < -0.3 is 5.73 Å². The molecule has 2 aromatic rings. The van der Waals surface area contributed by atoms with Gasteiger partial charge in [0.1, 0.15) is 5.52 Å². The second-order valence-electron chi connectivity index (χ2n) is 6.36. The van der Waals surface area contributed by atoms with Crippen molar-refractivity contribution in [3.05, 3.63) is 5.69 Å². The van der Waals surface area contributed by atoms with E-state index in [1.54, 1.807) is 0 Å². The SMILES string of the molecule is CCCc1nn(C)c2c1nc(N)n2C1(C)CCCCC1. The van der Waals surface area contributed by atoms with E-state index in [4.69, 9.17) is 5.73 Å². The van der Waals surface area contributed by atoms with Crippen LogP contribution in [-0.2, 0) is 19.0 Å². The van der Waals surface area contributed by atoms with Crippen LogP contribution in [-0.4, -0.2) is 19.3 Å². The summed E-state index contributed by atoms with van der Waals surface area (Å²) in [6, 6.07) is 0. The first-order chi connectivity index (χ1) is 9.57. The number of nitrogens with zero attached hydrogens (tertiary/aromatic N) is 4. The van der Waals surface area contributed by atoms with Crippen molar-refractivity contribution in [1.82, 2.24) is 19.3 Å². The highest BCUT2D eigenvalue weighted by molar-refractivity contribution is 5.78. The van der Waals surface area contributed by atoms with Crippen molar-refractivity contribution in [2.24, 2.45) is 7.05 Å². The molecule has 1 aliphatic carbocycles. The molecule has 2 N–H and O–H groups in total. The Bertz CT molecular complexity index is 616. The maximum atomic E-state index is 6.26. The van der Waals surface area contributed by atoms with Crippen LogP contribution in [0.15, 0.2) is 0 Å². The predicted octanol–water partition coefficient (Wildman–Crippen LogP) is 2.98. The minimum atomic E-state index is 0.0916. The minimum absolute atomic E-state index is 0.0916. The summed E-state index contributed by atoms with van der Waals surface area (Å²) in [5, 5.41) is 4.64. The molecule has 0 aliphatic heterocycles. The van der Waals surface area contributed by atoms with Crippen molar-refractivity contribution in [3.8, 4) is 0 Å². The molecule has 1 aliphatic rings. The zero-order valence-electron chi connectivity index (χ0n) is 12.8. The molecule has 0 aromatic carbocycles. The van der Waals surface area contributed by atoms with Gasteiger partial charge in [0.25, 0.3) is 0 Å². The van der Waals surface area contributed by atoms with Crippen LogP contribution < -0.4 is 5.73 Å². The van der Waals surface area contributed by atoms with E-state index in [1.165, 1.54) is 32.1 Å². The largest absolute Gasteiger partial charge is 0.369 e. The quantitative estimate of drug-likeness (QED) is 0.936. The molecule has 1 fully saturated rings. The number of nitrogens with two attached hydrogens (primary N) is 1. The fourth-order valence-electron chi connectivity index (χ4n) is 3.67. The lowest BCUT2D eigenvalue weighted by molar-refractivity contribution is 0.226. The smallest absolute Gasteiger partial charge is 0.203 e. The van der Waals surface area contributed by atoms with E-state index in [0.717, 1.165) is 29.7 Å². The first kappa shape index (κ1) is 13.5. The maximum Gasteiger partial charge on any atom is 0.203 e. The third-order valence-electron chi connectivity index (χ3n) is 4.69. The zero-order valence-corrected chi connectivity index (χ0v) is 12.8. The van der Waals surface area contributed by atoms with Gasteiger partial charge in [-0.05, 0) is 26.2 Å². The lowest BCUT2D eigenvalue weighted by atomic mass is 9.83. The first-order valence-electron chi connectivity index (χ1n) is 7.77. The Labute approximate surface area is 120 Å². The van der Waals surface area contributed by atoms with E-state index in [1.807, 2.05) is 11.7 Å². The molecule has 0 radical (unpaired) electrons.